The van der Waals surface area contributed by atoms with Gasteiger partial charge in [-0.3, -0.25) is 0 Å². The Bertz CT molecular complexity index is 1030. The fraction of sp³-hybridized carbons (Fsp3) is 0.308. The van der Waals surface area contributed by atoms with Gasteiger partial charge in [0.2, 0.25) is 0 Å². The van der Waals surface area contributed by atoms with E-state index < -0.39 is 0 Å². The van der Waals surface area contributed by atoms with Gasteiger partial charge in [-0.2, -0.15) is 12.1 Å². The summed E-state index contributed by atoms with van der Waals surface area (Å²) in [7, 11) is 0. The third-order valence-electron chi connectivity index (χ3n) is 4.64. The maximum absolute atomic E-state index is 2.31. The molecule has 4 heteroatoms. The van der Waals surface area contributed by atoms with Gasteiger partial charge < -0.3 is 24.8 Å². The van der Waals surface area contributed by atoms with Gasteiger partial charge in [-0.25, -0.2) is 0 Å². The van der Waals surface area contributed by atoms with E-state index in [0.29, 0.717) is 0 Å². The zero-order valence-corrected chi connectivity index (χ0v) is 24.3. The van der Waals surface area contributed by atoms with Crippen molar-refractivity contribution in [3.05, 3.63) is 81.9 Å². The molecule has 0 aliphatic heterocycles. The van der Waals surface area contributed by atoms with Crippen molar-refractivity contribution in [2.45, 2.75) is 54.6 Å². The third-order valence-corrected chi connectivity index (χ3v) is 4.64. The van der Waals surface area contributed by atoms with Gasteiger partial charge in [-0.15, -0.1) is 56.9 Å². The fourth-order valence-corrected chi connectivity index (χ4v) is 3.69. The van der Waals surface area contributed by atoms with Gasteiger partial charge in [0.05, 0.1) is 0 Å². The van der Waals surface area contributed by atoms with Crippen LogP contribution in [0.2, 0.25) is 13.1 Å². The Morgan fingerprint density at radius 3 is 1.20 bits per heavy atom. The van der Waals surface area contributed by atoms with E-state index in [9.17, 15) is 0 Å². The van der Waals surface area contributed by atoms with Crippen molar-refractivity contribution in [3.8, 4) is 0 Å². The Hall–Kier alpha value is -0.660. The monoisotopic (exact) mass is 532 g/mol. The maximum atomic E-state index is 2.31. The second kappa shape index (κ2) is 13.0. The Morgan fingerprint density at radius 2 is 0.900 bits per heavy atom. The first kappa shape index (κ1) is 29.3. The summed E-state index contributed by atoms with van der Waals surface area (Å²) in [5.74, 6) is 0. The summed E-state index contributed by atoms with van der Waals surface area (Å²) >= 11 is 1.74. The minimum atomic E-state index is 0. The molecule has 0 bridgehead atoms. The summed E-state index contributed by atoms with van der Waals surface area (Å²) in [4.78, 5) is 0. The summed E-state index contributed by atoms with van der Waals surface area (Å²) in [5, 5.41) is 5.56. The van der Waals surface area contributed by atoms with Crippen LogP contribution in [-0.2, 0) is 23.3 Å². The smallest absolute Gasteiger partial charge is 0.0486 e. The van der Waals surface area contributed by atoms with Gasteiger partial charge in [0.25, 0.3) is 0 Å². The van der Waals surface area contributed by atoms with E-state index in [-0.39, 0.29) is 30.2 Å². The Balaban J connectivity index is 0.000000452. The van der Waals surface area contributed by atoms with Gasteiger partial charge >= 0.3 is 41.9 Å². The fourth-order valence-electron chi connectivity index (χ4n) is 3.69. The molecule has 30 heavy (non-hydrogen) atoms. The minimum Gasteiger partial charge on any atom is -1.00 e. The first-order chi connectivity index (χ1) is 13.1. The van der Waals surface area contributed by atoms with Crippen molar-refractivity contribution in [2.24, 2.45) is 0 Å². The van der Waals surface area contributed by atoms with E-state index in [4.69, 9.17) is 0 Å². The van der Waals surface area contributed by atoms with Crippen molar-refractivity contribution in [3.63, 3.8) is 0 Å². The SMILES string of the molecule is C[Si](C)=[Zr+2].Cc1cc(C)c2cc(C)[cH-]c2c1.Cc1cc(C)c2cc(C)[cH-]c2c1.[Cl-].[Cl-]. The van der Waals surface area contributed by atoms with E-state index in [1.165, 1.54) is 54.9 Å². The van der Waals surface area contributed by atoms with E-state index in [1.807, 2.05) is 0 Å². The van der Waals surface area contributed by atoms with Gasteiger partial charge in [-0.1, -0.05) is 48.2 Å². The molecule has 0 N–H and O–H groups in total. The predicted molar refractivity (Wildman–Crippen MR) is 125 cm³/mol. The molecule has 0 aliphatic carbocycles. The third kappa shape index (κ3) is 8.46. The van der Waals surface area contributed by atoms with E-state index >= 15 is 0 Å². The molecule has 4 aromatic rings. The molecule has 0 aliphatic rings. The Kier molecular flexibility index (Phi) is 12.7. The van der Waals surface area contributed by atoms with Crippen molar-refractivity contribution in [1.82, 2.24) is 0 Å². The number of halogens is 2. The van der Waals surface area contributed by atoms with E-state index in [2.05, 4.69) is 103 Å². The molecule has 4 aromatic carbocycles. The van der Waals surface area contributed by atoms with Crippen LogP contribution in [0.4, 0.5) is 0 Å². The molecule has 160 valence electrons. The Morgan fingerprint density at radius 1 is 0.600 bits per heavy atom. The number of aryl methyl sites for hydroxylation is 6. The van der Waals surface area contributed by atoms with Crippen LogP contribution in [0, 0.1) is 41.5 Å². The molecule has 0 nitrogen and oxygen atoms in total. The van der Waals surface area contributed by atoms with E-state index in [0.717, 1.165) is 0 Å². The number of fused-ring (bicyclic) bond motifs is 2. The van der Waals surface area contributed by atoms with Crippen molar-refractivity contribution < 1.29 is 48.1 Å². The molecule has 0 spiro atoms. The van der Waals surface area contributed by atoms with Gasteiger partial charge in [0, 0.05) is 0 Å². The van der Waals surface area contributed by atoms with E-state index in [1.54, 1.807) is 23.3 Å². The number of hydrogen-bond acceptors (Lipinski definition) is 0. The van der Waals surface area contributed by atoms with Crippen LogP contribution >= 0.6 is 0 Å². The number of hydrogen-bond donors (Lipinski definition) is 0. The maximum Gasteiger partial charge on any atom is -0.0486 e. The van der Waals surface area contributed by atoms with Crippen LogP contribution in [0.3, 0.4) is 0 Å². The quantitative estimate of drug-likeness (QED) is 0.238. The van der Waals surface area contributed by atoms with Crippen LogP contribution in [0.5, 0.6) is 0 Å². The van der Waals surface area contributed by atoms with Gasteiger partial charge in [-0.05, 0) is 27.7 Å². The number of benzene rings is 2. The van der Waals surface area contributed by atoms with Crippen molar-refractivity contribution in [2.75, 3.05) is 0 Å². The van der Waals surface area contributed by atoms with Crippen LogP contribution < -0.4 is 24.8 Å². The molecule has 0 heterocycles. The molecule has 0 radical (unpaired) electrons. The van der Waals surface area contributed by atoms with Crippen LogP contribution in [-0.4, -0.2) is 5.43 Å². The summed E-state index contributed by atoms with van der Waals surface area (Å²) < 4.78 is 0. The predicted octanol–water partition coefficient (Wildman–Crippen LogP) is 1.76. The molecule has 0 fully saturated rings. The standard InChI is InChI=1S/2C12H13.C2H6Si.2ClH.Zr/c2*1-8-4-10(3)12-7-9(2)6-11(12)5-8;1-3-2;;;/h2*4-7H,1-3H3;1-2H3;2*1H;/q2*-1;;;;+2/p-2. The van der Waals surface area contributed by atoms with Crippen molar-refractivity contribution in [1.29, 1.82) is 0 Å². The normalized spacial score (nSPS) is 9.67. The molecule has 0 saturated heterocycles. The second-order valence-corrected chi connectivity index (χ2v) is 17.6. The van der Waals surface area contributed by atoms with Crippen molar-refractivity contribution >= 4 is 27.0 Å². The summed E-state index contributed by atoms with van der Waals surface area (Å²) in [5.41, 5.74) is 8.41. The van der Waals surface area contributed by atoms with Gasteiger partial charge in [0.15, 0.2) is 0 Å². The second-order valence-electron chi connectivity index (χ2n) is 8.23. The number of rotatable bonds is 0. The molecule has 0 unspecified atom stereocenters. The minimum absolute atomic E-state index is 0. The molecular formula is C26H32Cl2SiZr-2. The summed E-state index contributed by atoms with van der Waals surface area (Å²) in [6, 6.07) is 18.0. The summed E-state index contributed by atoms with van der Waals surface area (Å²) in [6.07, 6.45) is 0. The molecule has 0 aromatic heterocycles. The van der Waals surface area contributed by atoms with Gasteiger partial charge in [0.1, 0.15) is 0 Å². The molecular weight excluding hydrogens is 503 g/mol. The largest absolute Gasteiger partial charge is 1.00 e. The zero-order chi connectivity index (χ0) is 21.0. The molecule has 4 rings (SSSR count). The summed E-state index contributed by atoms with van der Waals surface area (Å²) in [6.45, 7) is 17.6. The first-order valence-corrected chi connectivity index (χ1v) is 16.1. The molecule has 0 saturated carbocycles. The average Bonchev–Trinajstić information content (AvgIpc) is 3.09. The zero-order valence-electron chi connectivity index (χ0n) is 19.4. The average molecular weight is 535 g/mol. The topological polar surface area (TPSA) is 0 Å². The first-order valence-electron chi connectivity index (χ1n) is 9.87. The van der Waals surface area contributed by atoms with Crippen LogP contribution in [0.25, 0.3) is 21.5 Å². The van der Waals surface area contributed by atoms with Crippen LogP contribution in [0.1, 0.15) is 33.4 Å². The van der Waals surface area contributed by atoms with Crippen LogP contribution in [0.15, 0.2) is 48.5 Å². The Labute approximate surface area is 210 Å². The molecule has 0 amide bonds. The molecule has 0 atom stereocenters.